The summed E-state index contributed by atoms with van der Waals surface area (Å²) < 4.78 is 1.16. The molecule has 2 rings (SSSR count). The zero-order chi connectivity index (χ0) is 11.5. The number of isocyanates is 1. The van der Waals surface area contributed by atoms with Gasteiger partial charge in [0.1, 0.15) is 5.69 Å². The van der Waals surface area contributed by atoms with Gasteiger partial charge in [0.15, 0.2) is 0 Å². The third-order valence-corrected chi connectivity index (χ3v) is 2.01. The van der Waals surface area contributed by atoms with Crippen LogP contribution in [0.15, 0.2) is 35.5 Å². The Morgan fingerprint density at radius 2 is 2.19 bits per heavy atom. The lowest BCUT2D eigenvalue weighted by atomic mass is 10.2. The monoisotopic (exact) mass is 217 g/mol. The van der Waals surface area contributed by atoms with Crippen LogP contribution in [0.5, 0.6) is 0 Å². The number of hydrogen-bond donors (Lipinski definition) is 1. The van der Waals surface area contributed by atoms with Crippen molar-refractivity contribution in [3.63, 3.8) is 0 Å². The summed E-state index contributed by atoms with van der Waals surface area (Å²) in [7, 11) is 0. The van der Waals surface area contributed by atoms with E-state index in [1.807, 2.05) is 0 Å². The van der Waals surface area contributed by atoms with Crippen molar-refractivity contribution in [2.45, 2.75) is 0 Å². The minimum atomic E-state index is -0.942. The van der Waals surface area contributed by atoms with Crippen LogP contribution in [0.4, 0.5) is 10.5 Å². The maximum absolute atomic E-state index is 10.7. The lowest BCUT2D eigenvalue weighted by molar-refractivity contribution is 0.149. The maximum Gasteiger partial charge on any atom is 0.429 e. The Bertz CT molecular complexity index is 596. The summed E-state index contributed by atoms with van der Waals surface area (Å²) in [5.41, 5.74) is 5.87. The largest absolute Gasteiger partial charge is 0.429 e. The second-order valence-corrected chi connectivity index (χ2v) is 2.97. The van der Waals surface area contributed by atoms with Crippen LogP contribution in [0, 0.1) is 0 Å². The van der Waals surface area contributed by atoms with Crippen LogP contribution in [0.3, 0.4) is 0 Å². The molecule has 0 atom stereocenters. The number of primary amides is 1. The number of amides is 1. The van der Waals surface area contributed by atoms with E-state index in [1.54, 1.807) is 24.3 Å². The molecule has 1 amide bonds. The van der Waals surface area contributed by atoms with Gasteiger partial charge in [0, 0.05) is 5.39 Å². The first-order valence-electron chi connectivity index (χ1n) is 4.38. The van der Waals surface area contributed by atoms with Crippen LogP contribution >= 0.6 is 0 Å². The molecule has 0 saturated carbocycles. The Hall–Kier alpha value is -2.59. The molecule has 6 nitrogen and oxygen atoms in total. The van der Waals surface area contributed by atoms with Gasteiger partial charge in [0.05, 0.1) is 11.7 Å². The van der Waals surface area contributed by atoms with Crippen molar-refractivity contribution in [3.8, 4) is 0 Å². The third-order valence-electron chi connectivity index (χ3n) is 2.01. The molecule has 1 heterocycles. The molecule has 0 spiro atoms. The summed E-state index contributed by atoms with van der Waals surface area (Å²) in [4.78, 5) is 29.1. The van der Waals surface area contributed by atoms with Crippen molar-refractivity contribution in [1.82, 2.24) is 4.73 Å². The van der Waals surface area contributed by atoms with E-state index >= 15 is 0 Å². The molecule has 0 unspecified atom stereocenters. The summed E-state index contributed by atoms with van der Waals surface area (Å²) in [5, 5.41) is 0.673. The molecule has 0 aliphatic rings. The van der Waals surface area contributed by atoms with E-state index in [2.05, 4.69) is 4.99 Å². The Morgan fingerprint density at radius 1 is 1.44 bits per heavy atom. The lowest BCUT2D eigenvalue weighted by Gasteiger charge is -2.01. The molecule has 0 aliphatic carbocycles. The van der Waals surface area contributed by atoms with Crippen molar-refractivity contribution >= 4 is 28.8 Å². The molecule has 16 heavy (non-hydrogen) atoms. The summed E-state index contributed by atoms with van der Waals surface area (Å²) in [5.74, 6) is 0. The molecule has 2 N–H and O–H groups in total. The van der Waals surface area contributed by atoms with E-state index in [-0.39, 0.29) is 0 Å². The number of benzene rings is 1. The van der Waals surface area contributed by atoms with Crippen LogP contribution < -0.4 is 10.6 Å². The first-order chi connectivity index (χ1) is 7.72. The SMILES string of the molecule is NC(=O)On1cc(N=C=O)c2ccccc21. The average Bonchev–Trinajstić information content (AvgIpc) is 2.58. The van der Waals surface area contributed by atoms with Gasteiger partial charge in [0.2, 0.25) is 6.08 Å². The van der Waals surface area contributed by atoms with Gasteiger partial charge in [-0.1, -0.05) is 18.2 Å². The number of carbonyl (C=O) groups excluding carboxylic acids is 2. The summed E-state index contributed by atoms with van der Waals surface area (Å²) in [6.45, 7) is 0. The summed E-state index contributed by atoms with van der Waals surface area (Å²) >= 11 is 0. The molecule has 2 aromatic rings. The molecule has 0 fully saturated rings. The van der Waals surface area contributed by atoms with Gasteiger partial charge < -0.3 is 10.6 Å². The number of para-hydroxylation sites is 1. The molecular weight excluding hydrogens is 210 g/mol. The van der Waals surface area contributed by atoms with Crippen molar-refractivity contribution in [3.05, 3.63) is 30.5 Å². The van der Waals surface area contributed by atoms with Crippen molar-refractivity contribution in [1.29, 1.82) is 0 Å². The molecular formula is C10H7N3O3. The van der Waals surface area contributed by atoms with E-state index in [0.717, 1.165) is 4.73 Å². The molecule has 6 heteroatoms. The number of hydrogen-bond acceptors (Lipinski definition) is 4. The van der Waals surface area contributed by atoms with Gasteiger partial charge in [-0.25, -0.2) is 9.59 Å². The Kier molecular flexibility index (Phi) is 2.41. The number of carbonyl (C=O) groups is 1. The topological polar surface area (TPSA) is 86.7 Å². The maximum atomic E-state index is 10.7. The highest BCUT2D eigenvalue weighted by molar-refractivity contribution is 5.92. The molecule has 1 aromatic heterocycles. The number of nitrogens with zero attached hydrogens (tertiary/aromatic N) is 2. The zero-order valence-corrected chi connectivity index (χ0v) is 8.08. The fourth-order valence-electron chi connectivity index (χ4n) is 1.44. The number of nitrogens with two attached hydrogens (primary N) is 1. The fraction of sp³-hybridized carbons (Fsp3) is 0. The minimum absolute atomic E-state index is 0.367. The molecule has 80 valence electrons. The predicted molar refractivity (Wildman–Crippen MR) is 55.9 cm³/mol. The van der Waals surface area contributed by atoms with E-state index in [1.165, 1.54) is 12.3 Å². The van der Waals surface area contributed by atoms with Gasteiger partial charge in [0.25, 0.3) is 0 Å². The number of aliphatic imine (C=N–C) groups is 1. The molecule has 0 bridgehead atoms. The average molecular weight is 217 g/mol. The van der Waals surface area contributed by atoms with E-state index in [4.69, 9.17) is 10.6 Å². The van der Waals surface area contributed by atoms with Crippen LogP contribution in [0.1, 0.15) is 0 Å². The predicted octanol–water partition coefficient (Wildman–Crippen LogP) is 1.12. The number of aromatic nitrogens is 1. The number of fused-ring (bicyclic) bond motifs is 1. The standard InChI is InChI=1S/C10H7N3O3/c11-10(15)16-13-5-8(12-6-14)7-3-1-2-4-9(7)13/h1-5H,(H2,11,15). The molecule has 0 saturated heterocycles. The highest BCUT2D eigenvalue weighted by atomic mass is 16.7. The smallest absolute Gasteiger partial charge is 0.333 e. The van der Waals surface area contributed by atoms with E-state index < -0.39 is 6.09 Å². The van der Waals surface area contributed by atoms with Crippen molar-refractivity contribution in [2.24, 2.45) is 10.7 Å². The van der Waals surface area contributed by atoms with Crippen LogP contribution in [-0.2, 0) is 4.79 Å². The number of rotatable bonds is 2. The highest BCUT2D eigenvalue weighted by Gasteiger charge is 2.09. The van der Waals surface area contributed by atoms with Gasteiger partial charge in [-0.3, -0.25) is 0 Å². The zero-order valence-electron chi connectivity index (χ0n) is 8.08. The third kappa shape index (κ3) is 1.65. The van der Waals surface area contributed by atoms with Crippen molar-refractivity contribution < 1.29 is 14.4 Å². The molecule has 0 aliphatic heterocycles. The second kappa shape index (κ2) is 3.88. The van der Waals surface area contributed by atoms with Crippen LogP contribution in [0.25, 0.3) is 10.9 Å². The Morgan fingerprint density at radius 3 is 2.88 bits per heavy atom. The fourth-order valence-corrected chi connectivity index (χ4v) is 1.44. The Balaban J connectivity index is 2.66. The first-order valence-corrected chi connectivity index (χ1v) is 4.38. The summed E-state index contributed by atoms with van der Waals surface area (Å²) in [6.07, 6.45) is 1.88. The quantitative estimate of drug-likeness (QED) is 0.603. The van der Waals surface area contributed by atoms with Gasteiger partial charge >= 0.3 is 6.09 Å². The molecule has 0 radical (unpaired) electrons. The highest BCUT2D eigenvalue weighted by Crippen LogP contribution is 2.26. The van der Waals surface area contributed by atoms with E-state index in [9.17, 15) is 9.59 Å². The van der Waals surface area contributed by atoms with Crippen LogP contribution in [-0.4, -0.2) is 16.9 Å². The molecule has 1 aromatic carbocycles. The van der Waals surface area contributed by atoms with Gasteiger partial charge in [-0.2, -0.15) is 9.72 Å². The Labute approximate surface area is 89.9 Å². The van der Waals surface area contributed by atoms with Gasteiger partial charge in [-0.05, 0) is 6.07 Å². The first kappa shape index (κ1) is 9.95. The normalized spacial score (nSPS) is 9.75. The lowest BCUT2D eigenvalue weighted by Crippen LogP contribution is -2.24. The van der Waals surface area contributed by atoms with Crippen molar-refractivity contribution in [2.75, 3.05) is 0 Å². The second-order valence-electron chi connectivity index (χ2n) is 2.97. The van der Waals surface area contributed by atoms with Gasteiger partial charge in [-0.15, -0.1) is 0 Å². The minimum Gasteiger partial charge on any atom is -0.333 e. The van der Waals surface area contributed by atoms with E-state index in [0.29, 0.717) is 16.6 Å². The van der Waals surface area contributed by atoms with Crippen LogP contribution in [0.2, 0.25) is 0 Å². The summed E-state index contributed by atoms with van der Waals surface area (Å²) in [6, 6.07) is 6.99.